The quantitative estimate of drug-likeness (QED) is 0.613. The summed E-state index contributed by atoms with van der Waals surface area (Å²) in [6, 6.07) is -0.124. The maximum atomic E-state index is 11.4. The summed E-state index contributed by atoms with van der Waals surface area (Å²) in [5, 5.41) is 9.26. The minimum Gasteiger partial charge on any atom is -0.394 e. The first-order valence-corrected chi connectivity index (χ1v) is 6.14. The highest BCUT2D eigenvalue weighted by atomic mass is 16.5. The van der Waals surface area contributed by atoms with E-state index in [1.165, 1.54) is 6.92 Å². The van der Waals surface area contributed by atoms with Crippen molar-refractivity contribution in [3.63, 3.8) is 0 Å². The normalized spacial score (nSPS) is 22.9. The van der Waals surface area contributed by atoms with Gasteiger partial charge in [-0.3, -0.25) is 9.69 Å². The number of ketones is 1. The molecule has 0 spiro atoms. The topological polar surface area (TPSA) is 59.0 Å². The van der Waals surface area contributed by atoms with Crippen molar-refractivity contribution in [1.82, 2.24) is 4.90 Å². The number of carbonyl (C=O) groups excluding carboxylic acids is 1. The zero-order valence-corrected chi connectivity index (χ0v) is 10.7. The molecule has 5 nitrogen and oxygen atoms in total. The second-order valence-electron chi connectivity index (χ2n) is 4.41. The molecule has 2 atom stereocenters. The fraction of sp³-hybridized carbons (Fsp3) is 0.917. The molecule has 1 aliphatic rings. The van der Waals surface area contributed by atoms with E-state index >= 15 is 0 Å². The van der Waals surface area contributed by atoms with Crippen molar-refractivity contribution in [2.45, 2.75) is 31.8 Å². The first kappa shape index (κ1) is 14.6. The van der Waals surface area contributed by atoms with Crippen LogP contribution >= 0.6 is 0 Å². The first-order chi connectivity index (χ1) is 8.20. The predicted octanol–water partition coefficient (Wildman–Crippen LogP) is 0.0637. The molecule has 1 unspecified atom stereocenters. The number of hydrogen-bond donors (Lipinski definition) is 1. The Balaban J connectivity index is 2.39. The lowest BCUT2D eigenvalue weighted by molar-refractivity contribution is -0.124. The maximum absolute atomic E-state index is 11.4. The molecule has 0 aliphatic carbocycles. The second kappa shape index (κ2) is 7.76. The largest absolute Gasteiger partial charge is 0.394 e. The third-order valence-corrected chi connectivity index (χ3v) is 3.21. The van der Waals surface area contributed by atoms with Crippen LogP contribution < -0.4 is 0 Å². The first-order valence-electron chi connectivity index (χ1n) is 6.14. The van der Waals surface area contributed by atoms with Gasteiger partial charge in [-0.15, -0.1) is 0 Å². The molecule has 0 saturated carbocycles. The number of rotatable bonds is 8. The fourth-order valence-corrected chi connectivity index (χ4v) is 2.28. The number of nitrogens with zero attached hydrogens (tertiary/aromatic N) is 1. The van der Waals surface area contributed by atoms with Crippen molar-refractivity contribution in [1.29, 1.82) is 0 Å². The van der Waals surface area contributed by atoms with Gasteiger partial charge in [0.2, 0.25) is 0 Å². The Labute approximate surface area is 103 Å². The number of ether oxygens (including phenoxy) is 2. The van der Waals surface area contributed by atoms with Gasteiger partial charge >= 0.3 is 0 Å². The van der Waals surface area contributed by atoms with Gasteiger partial charge in [-0.25, -0.2) is 0 Å². The van der Waals surface area contributed by atoms with Crippen LogP contribution in [-0.2, 0) is 14.3 Å². The minimum absolute atomic E-state index is 0.0243. The molecule has 100 valence electrons. The number of aliphatic hydroxyl groups excluding tert-OH is 1. The van der Waals surface area contributed by atoms with Gasteiger partial charge in [-0.1, -0.05) is 0 Å². The van der Waals surface area contributed by atoms with Gasteiger partial charge in [0, 0.05) is 13.2 Å². The highest BCUT2D eigenvalue weighted by molar-refractivity contribution is 5.81. The zero-order chi connectivity index (χ0) is 12.7. The van der Waals surface area contributed by atoms with Gasteiger partial charge in [0.05, 0.1) is 32.5 Å². The van der Waals surface area contributed by atoms with E-state index in [2.05, 4.69) is 4.90 Å². The van der Waals surface area contributed by atoms with Gasteiger partial charge in [0.15, 0.2) is 0 Å². The van der Waals surface area contributed by atoms with Crippen LogP contribution in [0.2, 0.25) is 0 Å². The number of hydrogen-bond acceptors (Lipinski definition) is 5. The Morgan fingerprint density at radius 1 is 1.53 bits per heavy atom. The number of Topliss-reactive ketones (excluding diaryl/α,β-unsaturated/α-hetero) is 1. The van der Waals surface area contributed by atoms with Crippen LogP contribution in [-0.4, -0.2) is 68.0 Å². The van der Waals surface area contributed by atoms with Gasteiger partial charge < -0.3 is 14.6 Å². The molecule has 1 N–H and O–H groups in total. The number of methoxy groups -OCH3 is 1. The highest BCUT2D eigenvalue weighted by Crippen LogP contribution is 2.20. The number of likely N-dealkylation sites (tertiary alicyclic amines) is 1. The molecule has 1 heterocycles. The standard InChI is InChI=1S/C12H23NO4/c1-10(15)12(8-14)13-5-3-4-11(13)9-17-7-6-16-2/h11-12,14H,3-9H2,1-2H3/t11?,12-/m1/s1. The maximum Gasteiger partial charge on any atom is 0.149 e. The smallest absolute Gasteiger partial charge is 0.149 e. The molecule has 0 aromatic carbocycles. The van der Waals surface area contributed by atoms with E-state index in [1.54, 1.807) is 7.11 Å². The van der Waals surface area contributed by atoms with Crippen LogP contribution in [0.4, 0.5) is 0 Å². The van der Waals surface area contributed by atoms with Crippen molar-refractivity contribution in [3.05, 3.63) is 0 Å². The summed E-state index contributed by atoms with van der Waals surface area (Å²) in [6.45, 7) is 4.05. The summed E-state index contributed by atoms with van der Waals surface area (Å²) < 4.78 is 10.4. The van der Waals surface area contributed by atoms with Crippen LogP contribution in [0.5, 0.6) is 0 Å². The Kier molecular flexibility index (Phi) is 6.65. The van der Waals surface area contributed by atoms with Crippen LogP contribution in [0.15, 0.2) is 0 Å². The van der Waals surface area contributed by atoms with E-state index < -0.39 is 0 Å². The molecule has 0 aromatic rings. The second-order valence-corrected chi connectivity index (χ2v) is 4.41. The summed E-state index contributed by atoms with van der Waals surface area (Å²) in [4.78, 5) is 13.5. The Morgan fingerprint density at radius 3 is 2.88 bits per heavy atom. The van der Waals surface area contributed by atoms with E-state index in [9.17, 15) is 9.90 Å². The van der Waals surface area contributed by atoms with Gasteiger partial charge in [0.1, 0.15) is 5.78 Å². The van der Waals surface area contributed by atoms with Gasteiger partial charge in [-0.2, -0.15) is 0 Å². The van der Waals surface area contributed by atoms with Crippen molar-refractivity contribution < 1.29 is 19.4 Å². The Hall–Kier alpha value is -0.490. The zero-order valence-electron chi connectivity index (χ0n) is 10.7. The van der Waals surface area contributed by atoms with Crippen LogP contribution in [0.1, 0.15) is 19.8 Å². The Morgan fingerprint density at radius 2 is 2.29 bits per heavy atom. The molecule has 1 rings (SSSR count). The average Bonchev–Trinajstić information content (AvgIpc) is 2.73. The summed E-state index contributed by atoms with van der Waals surface area (Å²) in [5.41, 5.74) is 0. The summed E-state index contributed by atoms with van der Waals surface area (Å²) in [5.74, 6) is 0.0243. The lowest BCUT2D eigenvalue weighted by Gasteiger charge is -2.30. The lowest BCUT2D eigenvalue weighted by atomic mass is 10.1. The molecule has 1 saturated heterocycles. The van der Waals surface area contributed by atoms with Crippen molar-refractivity contribution in [2.75, 3.05) is 40.1 Å². The highest BCUT2D eigenvalue weighted by Gasteiger charge is 2.32. The summed E-state index contributed by atoms with van der Waals surface area (Å²) >= 11 is 0. The third-order valence-electron chi connectivity index (χ3n) is 3.21. The number of carbonyl (C=O) groups is 1. The van der Waals surface area contributed by atoms with Crippen LogP contribution in [0.3, 0.4) is 0 Å². The van der Waals surface area contributed by atoms with E-state index in [0.717, 1.165) is 19.4 Å². The molecule has 1 aliphatic heterocycles. The molecule has 0 bridgehead atoms. The van der Waals surface area contributed by atoms with E-state index in [-0.39, 0.29) is 24.5 Å². The average molecular weight is 245 g/mol. The van der Waals surface area contributed by atoms with E-state index in [0.29, 0.717) is 19.8 Å². The predicted molar refractivity (Wildman–Crippen MR) is 64.0 cm³/mol. The lowest BCUT2D eigenvalue weighted by Crippen LogP contribution is -2.47. The molecule has 0 radical (unpaired) electrons. The fourth-order valence-electron chi connectivity index (χ4n) is 2.28. The van der Waals surface area contributed by atoms with Gasteiger partial charge in [0.25, 0.3) is 0 Å². The van der Waals surface area contributed by atoms with Crippen LogP contribution in [0.25, 0.3) is 0 Å². The van der Waals surface area contributed by atoms with Crippen molar-refractivity contribution in [2.24, 2.45) is 0 Å². The van der Waals surface area contributed by atoms with Gasteiger partial charge in [-0.05, 0) is 26.3 Å². The SMILES string of the molecule is COCCOCC1CCCN1[C@H](CO)C(C)=O. The monoisotopic (exact) mass is 245 g/mol. The molecular weight excluding hydrogens is 222 g/mol. The molecule has 0 aromatic heterocycles. The molecule has 17 heavy (non-hydrogen) atoms. The van der Waals surface area contributed by atoms with Crippen molar-refractivity contribution in [3.8, 4) is 0 Å². The molecular formula is C12H23NO4. The molecule has 5 heteroatoms. The molecule has 1 fully saturated rings. The van der Waals surface area contributed by atoms with E-state index in [1.807, 2.05) is 0 Å². The number of aliphatic hydroxyl groups is 1. The van der Waals surface area contributed by atoms with Crippen LogP contribution in [0, 0.1) is 0 Å². The third kappa shape index (κ3) is 4.35. The summed E-state index contributed by atoms with van der Waals surface area (Å²) in [6.07, 6.45) is 2.08. The van der Waals surface area contributed by atoms with Crippen molar-refractivity contribution >= 4 is 5.78 Å². The Bertz CT molecular complexity index is 235. The molecule has 0 amide bonds. The minimum atomic E-state index is -0.367. The summed E-state index contributed by atoms with van der Waals surface area (Å²) in [7, 11) is 1.64. The van der Waals surface area contributed by atoms with E-state index in [4.69, 9.17) is 9.47 Å².